The SMILES string of the molecule is CN.COc1ccccc1COc1ccc(N2CC(C(=O)O)CC2=O)cc1. The number of aliphatic carboxylic acids is 1. The minimum Gasteiger partial charge on any atom is -0.496 e. The van der Waals surface area contributed by atoms with Crippen molar-refractivity contribution in [3.05, 3.63) is 54.1 Å². The van der Waals surface area contributed by atoms with Gasteiger partial charge in [0.25, 0.3) is 0 Å². The predicted octanol–water partition coefficient (Wildman–Crippen LogP) is 2.29. The van der Waals surface area contributed by atoms with E-state index in [-0.39, 0.29) is 18.9 Å². The van der Waals surface area contributed by atoms with Gasteiger partial charge in [-0.2, -0.15) is 0 Å². The van der Waals surface area contributed by atoms with E-state index in [2.05, 4.69) is 5.73 Å². The summed E-state index contributed by atoms with van der Waals surface area (Å²) in [5.74, 6) is -0.325. The Balaban J connectivity index is 0.00000126. The van der Waals surface area contributed by atoms with E-state index in [0.29, 0.717) is 18.0 Å². The molecule has 0 saturated carbocycles. The summed E-state index contributed by atoms with van der Waals surface area (Å²) in [6.45, 7) is 0.572. The van der Waals surface area contributed by atoms with Crippen LogP contribution in [0.25, 0.3) is 0 Å². The summed E-state index contributed by atoms with van der Waals surface area (Å²) >= 11 is 0. The van der Waals surface area contributed by atoms with Crippen LogP contribution in [0, 0.1) is 5.92 Å². The van der Waals surface area contributed by atoms with Crippen LogP contribution >= 0.6 is 0 Å². The average Bonchev–Trinajstić information content (AvgIpc) is 3.10. The lowest BCUT2D eigenvalue weighted by molar-refractivity contribution is -0.141. The van der Waals surface area contributed by atoms with Crippen LogP contribution in [0.3, 0.4) is 0 Å². The normalized spacial score (nSPS) is 15.7. The third-order valence-corrected chi connectivity index (χ3v) is 4.21. The summed E-state index contributed by atoms with van der Waals surface area (Å²) in [6.07, 6.45) is 0.0430. The highest BCUT2D eigenvalue weighted by atomic mass is 16.5. The molecule has 0 aromatic heterocycles. The zero-order valence-corrected chi connectivity index (χ0v) is 15.4. The van der Waals surface area contributed by atoms with E-state index < -0.39 is 11.9 Å². The second kappa shape index (κ2) is 9.59. The molecular formula is C20H24N2O5. The molecule has 1 saturated heterocycles. The molecule has 1 fully saturated rings. The average molecular weight is 372 g/mol. The van der Waals surface area contributed by atoms with E-state index in [1.165, 1.54) is 11.9 Å². The van der Waals surface area contributed by atoms with Crippen molar-refractivity contribution in [3.8, 4) is 11.5 Å². The number of methoxy groups -OCH3 is 1. The number of anilines is 1. The molecule has 7 nitrogen and oxygen atoms in total. The molecule has 1 heterocycles. The van der Waals surface area contributed by atoms with E-state index in [0.717, 1.165) is 11.3 Å². The minimum atomic E-state index is -0.937. The number of amides is 1. The number of hydrogen-bond donors (Lipinski definition) is 2. The maximum absolute atomic E-state index is 12.0. The topological polar surface area (TPSA) is 102 Å². The molecule has 0 aliphatic carbocycles. The molecule has 1 aliphatic heterocycles. The Morgan fingerprint density at radius 2 is 1.85 bits per heavy atom. The van der Waals surface area contributed by atoms with Crippen LogP contribution in [0.1, 0.15) is 12.0 Å². The van der Waals surface area contributed by atoms with Gasteiger partial charge in [-0.15, -0.1) is 0 Å². The number of nitrogens with zero attached hydrogens (tertiary/aromatic N) is 1. The number of rotatable bonds is 6. The van der Waals surface area contributed by atoms with Crippen molar-refractivity contribution < 1.29 is 24.2 Å². The molecule has 27 heavy (non-hydrogen) atoms. The number of carbonyl (C=O) groups is 2. The fourth-order valence-corrected chi connectivity index (χ4v) is 2.83. The van der Waals surface area contributed by atoms with Gasteiger partial charge in [0.05, 0.1) is 13.0 Å². The third-order valence-electron chi connectivity index (χ3n) is 4.21. The molecule has 144 valence electrons. The Labute approximate surface area is 158 Å². The van der Waals surface area contributed by atoms with E-state index in [4.69, 9.17) is 14.6 Å². The van der Waals surface area contributed by atoms with Gasteiger partial charge in [0.2, 0.25) is 5.91 Å². The third kappa shape index (κ3) is 4.98. The molecule has 1 aliphatic rings. The first-order valence-electron chi connectivity index (χ1n) is 8.54. The van der Waals surface area contributed by atoms with Gasteiger partial charge in [0.15, 0.2) is 0 Å². The lowest BCUT2D eigenvalue weighted by atomic mass is 10.1. The fraction of sp³-hybridized carbons (Fsp3) is 0.300. The molecule has 2 aromatic carbocycles. The van der Waals surface area contributed by atoms with Crippen molar-refractivity contribution in [1.82, 2.24) is 0 Å². The second-order valence-corrected chi connectivity index (χ2v) is 5.84. The van der Waals surface area contributed by atoms with Crippen molar-refractivity contribution in [1.29, 1.82) is 0 Å². The smallest absolute Gasteiger partial charge is 0.308 e. The summed E-state index contributed by atoms with van der Waals surface area (Å²) in [4.78, 5) is 24.5. The molecule has 0 radical (unpaired) electrons. The maximum atomic E-state index is 12.0. The molecule has 3 rings (SSSR count). The lowest BCUT2D eigenvalue weighted by Crippen LogP contribution is -2.25. The Bertz CT molecular complexity index is 776. The number of nitrogens with two attached hydrogens (primary N) is 1. The molecule has 1 amide bonds. The lowest BCUT2D eigenvalue weighted by Gasteiger charge is -2.17. The van der Waals surface area contributed by atoms with Crippen LogP contribution in [-0.4, -0.2) is 37.7 Å². The summed E-state index contributed by atoms with van der Waals surface area (Å²) in [7, 11) is 3.12. The summed E-state index contributed by atoms with van der Waals surface area (Å²) < 4.78 is 11.1. The van der Waals surface area contributed by atoms with Gasteiger partial charge in [0, 0.05) is 24.2 Å². The van der Waals surface area contributed by atoms with Crippen molar-refractivity contribution in [2.45, 2.75) is 13.0 Å². The van der Waals surface area contributed by atoms with Crippen molar-refractivity contribution >= 4 is 17.6 Å². The summed E-state index contributed by atoms with van der Waals surface area (Å²) in [5, 5.41) is 9.05. The van der Waals surface area contributed by atoms with Crippen molar-refractivity contribution in [2.75, 3.05) is 25.6 Å². The highest BCUT2D eigenvalue weighted by Gasteiger charge is 2.34. The quantitative estimate of drug-likeness (QED) is 0.807. The van der Waals surface area contributed by atoms with E-state index in [9.17, 15) is 9.59 Å². The zero-order valence-electron chi connectivity index (χ0n) is 15.4. The molecular weight excluding hydrogens is 348 g/mol. The number of ether oxygens (including phenoxy) is 2. The van der Waals surface area contributed by atoms with Crippen LogP contribution in [-0.2, 0) is 16.2 Å². The zero-order chi connectivity index (χ0) is 19.8. The number of hydrogen-bond acceptors (Lipinski definition) is 5. The van der Waals surface area contributed by atoms with Crippen molar-refractivity contribution in [3.63, 3.8) is 0 Å². The first-order valence-corrected chi connectivity index (χ1v) is 8.54. The molecule has 1 unspecified atom stereocenters. The van der Waals surface area contributed by atoms with Crippen LogP contribution in [0.5, 0.6) is 11.5 Å². The predicted molar refractivity (Wildman–Crippen MR) is 102 cm³/mol. The van der Waals surface area contributed by atoms with Crippen LogP contribution in [0.15, 0.2) is 48.5 Å². The van der Waals surface area contributed by atoms with Crippen molar-refractivity contribution in [2.24, 2.45) is 11.7 Å². The molecule has 7 heteroatoms. The summed E-state index contributed by atoms with van der Waals surface area (Å²) in [6, 6.07) is 14.7. The Morgan fingerprint density at radius 3 is 2.44 bits per heavy atom. The Morgan fingerprint density at radius 1 is 1.19 bits per heavy atom. The number of benzene rings is 2. The number of carbonyl (C=O) groups excluding carboxylic acids is 1. The first-order chi connectivity index (χ1) is 13.1. The highest BCUT2D eigenvalue weighted by Crippen LogP contribution is 2.27. The maximum Gasteiger partial charge on any atom is 0.308 e. The Hall–Kier alpha value is -3.06. The van der Waals surface area contributed by atoms with Gasteiger partial charge in [-0.25, -0.2) is 0 Å². The summed E-state index contributed by atoms with van der Waals surface area (Å²) in [5.41, 5.74) is 6.12. The molecule has 2 aromatic rings. The van der Waals surface area contributed by atoms with Gasteiger partial charge in [-0.3, -0.25) is 9.59 Å². The van der Waals surface area contributed by atoms with E-state index in [1.54, 1.807) is 31.4 Å². The fourth-order valence-electron chi connectivity index (χ4n) is 2.83. The van der Waals surface area contributed by atoms with Crippen LogP contribution < -0.4 is 20.1 Å². The molecule has 3 N–H and O–H groups in total. The molecule has 0 spiro atoms. The number of carboxylic acids is 1. The monoisotopic (exact) mass is 372 g/mol. The number of carboxylic acid groups (broad SMARTS) is 1. The molecule has 1 atom stereocenters. The first kappa shape index (κ1) is 20.3. The highest BCUT2D eigenvalue weighted by molar-refractivity contribution is 5.99. The largest absolute Gasteiger partial charge is 0.496 e. The van der Waals surface area contributed by atoms with Gasteiger partial charge in [-0.05, 0) is 37.4 Å². The minimum absolute atomic E-state index is 0.0430. The standard InChI is InChI=1S/C19H19NO5.CH5N/c1-24-17-5-3-2-4-13(17)12-25-16-8-6-15(7-9-16)20-11-14(19(22)23)10-18(20)21;1-2/h2-9,14H,10-12H2,1H3,(H,22,23);2H2,1H3. The van der Waals surface area contributed by atoms with Gasteiger partial charge >= 0.3 is 5.97 Å². The van der Waals surface area contributed by atoms with Crippen LogP contribution in [0.4, 0.5) is 5.69 Å². The van der Waals surface area contributed by atoms with E-state index >= 15 is 0 Å². The van der Waals surface area contributed by atoms with Gasteiger partial charge in [0.1, 0.15) is 18.1 Å². The van der Waals surface area contributed by atoms with E-state index in [1.807, 2.05) is 24.3 Å². The number of para-hydroxylation sites is 1. The van der Waals surface area contributed by atoms with Gasteiger partial charge < -0.3 is 25.2 Å². The van der Waals surface area contributed by atoms with Crippen LogP contribution in [0.2, 0.25) is 0 Å². The second-order valence-electron chi connectivity index (χ2n) is 5.84. The van der Waals surface area contributed by atoms with Gasteiger partial charge in [-0.1, -0.05) is 18.2 Å². The Kier molecular flexibility index (Phi) is 7.19. The molecule has 0 bridgehead atoms.